The highest BCUT2D eigenvalue weighted by Gasteiger charge is 2.16. The summed E-state index contributed by atoms with van der Waals surface area (Å²) < 4.78 is 0. The zero-order valence-electron chi connectivity index (χ0n) is 23.8. The zero-order valence-corrected chi connectivity index (χ0v) is 25.8. The lowest BCUT2D eigenvalue weighted by atomic mass is 9.88. The molecule has 0 aliphatic rings. The fourth-order valence-corrected chi connectivity index (χ4v) is 5.82. The highest BCUT2D eigenvalue weighted by molar-refractivity contribution is 7.17. The fraction of sp³-hybridized carbons (Fsp3) is 0.758. The molecule has 204 valence electrons. The van der Waals surface area contributed by atoms with Gasteiger partial charge < -0.3 is 0 Å². The van der Waals surface area contributed by atoms with Crippen molar-refractivity contribution in [3.05, 3.63) is 47.0 Å². The van der Waals surface area contributed by atoms with Gasteiger partial charge in [-0.05, 0) is 44.1 Å². The first-order valence-corrected chi connectivity index (χ1v) is 15.9. The van der Waals surface area contributed by atoms with Crippen molar-refractivity contribution in [1.29, 1.82) is 0 Å². The van der Waals surface area contributed by atoms with Crippen molar-refractivity contribution in [1.82, 2.24) is 0 Å². The lowest BCUT2D eigenvalue weighted by Crippen LogP contribution is -2.02. The molecule has 0 bridgehead atoms. The van der Waals surface area contributed by atoms with Crippen LogP contribution in [0.3, 0.4) is 0 Å². The molecule has 0 nitrogen and oxygen atoms in total. The maximum absolute atomic E-state index is 3.24. The van der Waals surface area contributed by atoms with Crippen LogP contribution in [0.4, 0.5) is 0 Å². The number of benzene rings is 1. The third-order valence-corrected chi connectivity index (χ3v) is 8.24. The van der Waals surface area contributed by atoms with Gasteiger partial charge in [0.15, 0.2) is 0 Å². The number of halogens is 1. The third-order valence-electron chi connectivity index (χ3n) is 7.45. The van der Waals surface area contributed by atoms with Crippen LogP contribution in [-0.2, 0) is 0 Å². The lowest BCUT2D eigenvalue weighted by Gasteiger charge is -2.23. The topological polar surface area (TPSA) is 0 Å². The first-order chi connectivity index (χ1) is 16.7. The molecule has 1 aromatic carbocycles. The van der Waals surface area contributed by atoms with E-state index in [-0.39, 0.29) is 12.4 Å². The molecule has 0 aromatic heterocycles. The maximum Gasteiger partial charge on any atom is 0.0195 e. The summed E-state index contributed by atoms with van der Waals surface area (Å²) in [5, 5.41) is 0. The van der Waals surface area contributed by atoms with E-state index in [0.29, 0.717) is 5.66 Å². The molecule has 0 heterocycles. The summed E-state index contributed by atoms with van der Waals surface area (Å²) in [5.74, 6) is 0. The van der Waals surface area contributed by atoms with Gasteiger partial charge in [0.2, 0.25) is 0 Å². The van der Waals surface area contributed by atoms with E-state index < -0.39 is 0 Å². The Morgan fingerprint density at radius 2 is 0.914 bits per heavy atom. The van der Waals surface area contributed by atoms with Crippen molar-refractivity contribution in [2.45, 2.75) is 161 Å². The average molecular weight is 523 g/mol. The van der Waals surface area contributed by atoms with Gasteiger partial charge in [-0.15, -0.1) is 21.6 Å². The number of allylic oxidation sites excluding steroid dienone is 2. The van der Waals surface area contributed by atoms with Crippen molar-refractivity contribution in [3.8, 4) is 0 Å². The second kappa shape index (κ2) is 25.3. The molecule has 0 aliphatic carbocycles. The monoisotopic (exact) mass is 522 g/mol. The van der Waals surface area contributed by atoms with Crippen molar-refractivity contribution in [2.24, 2.45) is 0 Å². The molecule has 0 radical (unpaired) electrons. The van der Waals surface area contributed by atoms with Crippen LogP contribution in [0.5, 0.6) is 0 Å². The number of unbranched alkanes of at least 4 members (excludes halogenated alkanes) is 15. The summed E-state index contributed by atoms with van der Waals surface area (Å²) in [7, 11) is 3.24. The van der Waals surface area contributed by atoms with Crippen LogP contribution < -0.4 is 0 Å². The molecule has 2 heteroatoms. The molecule has 0 aliphatic heterocycles. The Morgan fingerprint density at radius 1 is 0.543 bits per heavy atom. The van der Waals surface area contributed by atoms with Crippen LogP contribution in [-0.4, -0.2) is 0 Å². The number of hydrogen-bond acceptors (Lipinski definition) is 0. The Bertz CT molecular complexity index is 576. The Hall–Kier alpha value is -0.320. The minimum Gasteiger partial charge on any atom is -0.147 e. The SMILES string of the molecule is CCCCCCCCC(CCCCCCCC)=C(CCCCCCCC)C(P)c1ccccc1.Cl. The van der Waals surface area contributed by atoms with E-state index in [1.165, 1.54) is 140 Å². The summed E-state index contributed by atoms with van der Waals surface area (Å²) in [6.45, 7) is 6.95. The zero-order chi connectivity index (χ0) is 24.7. The van der Waals surface area contributed by atoms with Gasteiger partial charge in [0.1, 0.15) is 0 Å². The molecule has 0 fully saturated rings. The summed E-state index contributed by atoms with van der Waals surface area (Å²) in [6.07, 6.45) is 29.1. The summed E-state index contributed by atoms with van der Waals surface area (Å²) in [4.78, 5) is 0. The lowest BCUT2D eigenvalue weighted by molar-refractivity contribution is 0.572. The van der Waals surface area contributed by atoms with E-state index in [2.05, 4.69) is 60.3 Å². The van der Waals surface area contributed by atoms with Crippen molar-refractivity contribution in [3.63, 3.8) is 0 Å². The maximum atomic E-state index is 3.24. The normalized spacial score (nSPS) is 11.8. The van der Waals surface area contributed by atoms with Crippen LogP contribution in [0, 0.1) is 0 Å². The average Bonchev–Trinajstić information content (AvgIpc) is 2.87. The number of rotatable bonds is 23. The van der Waals surface area contributed by atoms with E-state index >= 15 is 0 Å². The van der Waals surface area contributed by atoms with E-state index in [1.54, 1.807) is 5.57 Å². The molecule has 0 N–H and O–H groups in total. The van der Waals surface area contributed by atoms with E-state index in [9.17, 15) is 0 Å². The highest BCUT2D eigenvalue weighted by atomic mass is 35.5. The summed E-state index contributed by atoms with van der Waals surface area (Å²) in [6, 6.07) is 11.3. The second-order valence-electron chi connectivity index (χ2n) is 10.6. The molecule has 2 unspecified atom stereocenters. The van der Waals surface area contributed by atoms with Gasteiger partial charge in [0, 0.05) is 5.66 Å². The van der Waals surface area contributed by atoms with Gasteiger partial charge in [-0.2, -0.15) is 0 Å². The van der Waals surface area contributed by atoms with Crippen LogP contribution in [0.2, 0.25) is 0 Å². The fourth-order valence-electron chi connectivity index (χ4n) is 5.19. The molecular weight excluding hydrogens is 463 g/mol. The van der Waals surface area contributed by atoms with Crippen molar-refractivity contribution >= 4 is 21.6 Å². The van der Waals surface area contributed by atoms with Gasteiger partial charge in [-0.25, -0.2) is 0 Å². The Morgan fingerprint density at radius 3 is 1.34 bits per heavy atom. The minimum atomic E-state index is 0. The first-order valence-electron chi connectivity index (χ1n) is 15.3. The van der Waals surface area contributed by atoms with Gasteiger partial charge in [0.05, 0.1) is 0 Å². The van der Waals surface area contributed by atoms with Crippen LogP contribution in [0.1, 0.15) is 167 Å². The Labute approximate surface area is 229 Å². The molecule has 0 amide bonds. The van der Waals surface area contributed by atoms with E-state index in [0.717, 1.165) is 0 Å². The van der Waals surface area contributed by atoms with Crippen LogP contribution >= 0.6 is 21.6 Å². The summed E-state index contributed by atoms with van der Waals surface area (Å²) in [5.41, 5.74) is 5.57. The van der Waals surface area contributed by atoms with E-state index in [4.69, 9.17) is 0 Å². The number of hydrogen-bond donors (Lipinski definition) is 0. The van der Waals surface area contributed by atoms with Gasteiger partial charge in [-0.1, -0.05) is 159 Å². The van der Waals surface area contributed by atoms with Crippen LogP contribution in [0.25, 0.3) is 0 Å². The minimum absolute atomic E-state index is 0. The third kappa shape index (κ3) is 17.7. The Balaban J connectivity index is 0.0000116. The quantitative estimate of drug-likeness (QED) is 0.0761. The first kappa shape index (κ1) is 34.7. The predicted molar refractivity (Wildman–Crippen MR) is 167 cm³/mol. The van der Waals surface area contributed by atoms with Crippen LogP contribution in [0.15, 0.2) is 41.5 Å². The molecule has 1 aromatic rings. The van der Waals surface area contributed by atoms with E-state index in [1.807, 2.05) is 5.57 Å². The van der Waals surface area contributed by atoms with Gasteiger partial charge in [0.25, 0.3) is 0 Å². The molecule has 1 rings (SSSR count). The van der Waals surface area contributed by atoms with Gasteiger partial charge in [-0.3, -0.25) is 0 Å². The van der Waals surface area contributed by atoms with Gasteiger partial charge >= 0.3 is 0 Å². The molecule has 0 saturated carbocycles. The largest absolute Gasteiger partial charge is 0.147 e. The molecule has 2 atom stereocenters. The predicted octanol–water partition coefficient (Wildman–Crippen LogP) is 12.6. The molecular formula is C33H60ClP. The Kier molecular flexibility index (Phi) is 25.1. The van der Waals surface area contributed by atoms with Crippen molar-refractivity contribution in [2.75, 3.05) is 0 Å². The smallest absolute Gasteiger partial charge is 0.0195 e. The molecule has 35 heavy (non-hydrogen) atoms. The molecule has 0 saturated heterocycles. The summed E-state index contributed by atoms with van der Waals surface area (Å²) >= 11 is 0. The standard InChI is InChI=1S/C33H59P.ClH/c1-4-7-10-13-16-20-25-30(26-21-17-14-11-8-5-2)32(29-24-18-15-12-9-6-3)33(34)31-27-22-19-23-28-31;/h19,22-23,27-28,33H,4-18,20-21,24-26,29,34H2,1-3H3;1H. The van der Waals surface area contributed by atoms with Crippen molar-refractivity contribution < 1.29 is 0 Å². The highest BCUT2D eigenvalue weighted by Crippen LogP contribution is 2.39. The molecule has 0 spiro atoms. The second-order valence-corrected chi connectivity index (χ2v) is 11.2.